The van der Waals surface area contributed by atoms with Gasteiger partial charge in [-0.3, -0.25) is 14.5 Å². The number of aryl methyl sites for hydroxylation is 1. The minimum absolute atomic E-state index is 0.0624. The maximum Gasteiger partial charge on any atom is 0.417 e. The van der Waals surface area contributed by atoms with Crippen molar-refractivity contribution < 1.29 is 26.7 Å². The lowest BCUT2D eigenvalue weighted by atomic mass is 10.2. The number of nitrogens with zero attached hydrogens (tertiary/aromatic N) is 4. The summed E-state index contributed by atoms with van der Waals surface area (Å²) in [4.78, 5) is 17.8. The zero-order chi connectivity index (χ0) is 19.9. The molecule has 0 N–H and O–H groups in total. The Bertz CT molecular complexity index is 863. The molecule has 1 aliphatic rings. The molecule has 0 saturated heterocycles. The van der Waals surface area contributed by atoms with E-state index >= 15 is 0 Å². The summed E-state index contributed by atoms with van der Waals surface area (Å²) in [5.74, 6) is -0.682. The Morgan fingerprint density at radius 3 is 2.59 bits per heavy atom. The molecule has 1 fully saturated rings. The van der Waals surface area contributed by atoms with Crippen LogP contribution in [0.3, 0.4) is 0 Å². The van der Waals surface area contributed by atoms with Crippen LogP contribution in [0.5, 0.6) is 0 Å². The molecule has 1 saturated carbocycles. The van der Waals surface area contributed by atoms with E-state index in [1.165, 1.54) is 18.1 Å². The average Bonchev–Trinajstić information content (AvgIpc) is 3.33. The molecule has 27 heavy (non-hydrogen) atoms. The van der Waals surface area contributed by atoms with Gasteiger partial charge in [0.25, 0.3) is 12.3 Å². The third kappa shape index (κ3) is 4.20. The number of hydrogen-bond donors (Lipinski definition) is 0. The monoisotopic (exact) mass is 408 g/mol. The van der Waals surface area contributed by atoms with Crippen LogP contribution in [0.15, 0.2) is 18.5 Å². The highest BCUT2D eigenvalue weighted by Crippen LogP contribution is 2.34. The standard InChI is InChI=1S/C16H14ClF5N4O/c1-25-6-10(13(24-25)14(18)19)15(27)26(9-2-3-9)7-12-11(17)4-8(5-23-12)16(20,21)22/h4-6,9,14H,2-3,7H2,1H3. The first-order chi connectivity index (χ1) is 12.6. The summed E-state index contributed by atoms with van der Waals surface area (Å²) < 4.78 is 65.6. The van der Waals surface area contributed by atoms with E-state index in [-0.39, 0.29) is 28.9 Å². The molecule has 1 aliphatic carbocycles. The first-order valence-corrected chi connectivity index (χ1v) is 8.30. The lowest BCUT2D eigenvalue weighted by Crippen LogP contribution is -2.33. The highest BCUT2D eigenvalue weighted by Gasteiger charge is 2.37. The van der Waals surface area contributed by atoms with Crippen molar-refractivity contribution in [2.24, 2.45) is 7.05 Å². The number of hydrogen-bond acceptors (Lipinski definition) is 3. The fourth-order valence-corrected chi connectivity index (χ4v) is 2.86. The lowest BCUT2D eigenvalue weighted by molar-refractivity contribution is -0.137. The van der Waals surface area contributed by atoms with Crippen molar-refractivity contribution in [3.05, 3.63) is 46.0 Å². The van der Waals surface area contributed by atoms with E-state index in [1.807, 2.05) is 0 Å². The number of pyridine rings is 1. The topological polar surface area (TPSA) is 51.0 Å². The zero-order valence-corrected chi connectivity index (χ0v) is 14.7. The number of halogens is 6. The molecule has 2 aromatic rings. The van der Waals surface area contributed by atoms with Crippen LogP contribution in [0.1, 0.15) is 46.6 Å². The van der Waals surface area contributed by atoms with Gasteiger partial charge in [0.1, 0.15) is 5.69 Å². The van der Waals surface area contributed by atoms with Crippen molar-refractivity contribution in [3.63, 3.8) is 0 Å². The van der Waals surface area contributed by atoms with Crippen LogP contribution in [0.2, 0.25) is 5.02 Å². The first-order valence-electron chi connectivity index (χ1n) is 7.92. The predicted molar refractivity (Wildman–Crippen MR) is 85.3 cm³/mol. The minimum Gasteiger partial charge on any atom is -0.330 e. The molecule has 0 unspecified atom stereocenters. The Labute approximate surface area is 155 Å². The lowest BCUT2D eigenvalue weighted by Gasteiger charge is -2.22. The third-order valence-electron chi connectivity index (χ3n) is 4.11. The van der Waals surface area contributed by atoms with Crippen LogP contribution in [-0.2, 0) is 19.8 Å². The molecule has 1 amide bonds. The van der Waals surface area contributed by atoms with Crippen molar-refractivity contribution in [2.75, 3.05) is 0 Å². The number of amides is 1. The van der Waals surface area contributed by atoms with Gasteiger partial charge in [0.05, 0.1) is 28.4 Å². The van der Waals surface area contributed by atoms with Crippen LogP contribution in [-0.4, -0.2) is 31.6 Å². The normalized spacial score (nSPS) is 14.7. The van der Waals surface area contributed by atoms with Crippen molar-refractivity contribution in [1.29, 1.82) is 0 Å². The van der Waals surface area contributed by atoms with Crippen LogP contribution >= 0.6 is 11.6 Å². The van der Waals surface area contributed by atoms with Crippen molar-refractivity contribution in [2.45, 2.75) is 38.0 Å². The van der Waals surface area contributed by atoms with E-state index in [0.29, 0.717) is 19.0 Å². The summed E-state index contributed by atoms with van der Waals surface area (Å²) >= 11 is 5.90. The van der Waals surface area contributed by atoms with E-state index in [9.17, 15) is 26.7 Å². The second-order valence-electron chi connectivity index (χ2n) is 6.22. The van der Waals surface area contributed by atoms with Gasteiger partial charge in [-0.25, -0.2) is 8.78 Å². The molecule has 2 aromatic heterocycles. The number of alkyl halides is 5. The minimum atomic E-state index is -4.59. The summed E-state index contributed by atoms with van der Waals surface area (Å²) in [6.45, 7) is -0.182. The summed E-state index contributed by atoms with van der Waals surface area (Å²) in [6, 6.07) is 0.525. The van der Waals surface area contributed by atoms with Crippen LogP contribution in [0.4, 0.5) is 22.0 Å². The van der Waals surface area contributed by atoms with Gasteiger partial charge in [-0.2, -0.15) is 18.3 Å². The van der Waals surface area contributed by atoms with Crippen molar-refractivity contribution >= 4 is 17.5 Å². The maximum atomic E-state index is 13.1. The molecule has 2 heterocycles. The molecule has 5 nitrogen and oxygen atoms in total. The number of aromatic nitrogens is 3. The Balaban J connectivity index is 1.88. The van der Waals surface area contributed by atoms with Gasteiger partial charge in [-0.15, -0.1) is 0 Å². The third-order valence-corrected chi connectivity index (χ3v) is 4.44. The van der Waals surface area contributed by atoms with Gasteiger partial charge in [-0.05, 0) is 18.9 Å². The van der Waals surface area contributed by atoms with Gasteiger partial charge in [-0.1, -0.05) is 11.6 Å². The molecule has 0 spiro atoms. The number of carbonyl (C=O) groups excluding carboxylic acids is 1. The zero-order valence-electron chi connectivity index (χ0n) is 14.0. The Morgan fingerprint density at radius 1 is 1.41 bits per heavy atom. The smallest absolute Gasteiger partial charge is 0.330 e. The molecule has 3 rings (SSSR count). The van der Waals surface area contributed by atoms with Gasteiger partial charge >= 0.3 is 6.18 Å². The van der Waals surface area contributed by atoms with Crippen molar-refractivity contribution in [1.82, 2.24) is 19.7 Å². The summed E-state index contributed by atoms with van der Waals surface area (Å²) in [5.41, 5.74) is -1.83. The van der Waals surface area contributed by atoms with Gasteiger partial charge in [0, 0.05) is 25.5 Å². The first kappa shape index (κ1) is 19.5. The fourth-order valence-electron chi connectivity index (χ4n) is 2.64. The van der Waals surface area contributed by atoms with Gasteiger partial charge in [0.15, 0.2) is 0 Å². The van der Waals surface area contributed by atoms with E-state index in [2.05, 4.69) is 10.1 Å². The fraction of sp³-hybridized carbons (Fsp3) is 0.438. The Hall–Kier alpha value is -2.23. The molecule has 0 atom stereocenters. The van der Waals surface area contributed by atoms with Crippen LogP contribution < -0.4 is 0 Å². The van der Waals surface area contributed by atoms with E-state index in [4.69, 9.17) is 11.6 Å². The highest BCUT2D eigenvalue weighted by molar-refractivity contribution is 6.31. The maximum absolute atomic E-state index is 13.1. The highest BCUT2D eigenvalue weighted by atomic mass is 35.5. The molecular formula is C16H14ClF5N4O. The molecule has 0 radical (unpaired) electrons. The molecule has 0 aliphatic heterocycles. The van der Waals surface area contributed by atoms with Crippen LogP contribution in [0, 0.1) is 0 Å². The van der Waals surface area contributed by atoms with Gasteiger partial charge in [0.2, 0.25) is 0 Å². The second kappa shape index (κ2) is 7.06. The van der Waals surface area contributed by atoms with Gasteiger partial charge < -0.3 is 4.90 Å². The summed E-state index contributed by atoms with van der Waals surface area (Å²) in [6.07, 6.45) is -4.38. The molecule has 146 valence electrons. The summed E-state index contributed by atoms with van der Waals surface area (Å²) in [7, 11) is 1.42. The van der Waals surface area contributed by atoms with Crippen LogP contribution in [0.25, 0.3) is 0 Å². The molecule has 0 aromatic carbocycles. The van der Waals surface area contributed by atoms with Crippen molar-refractivity contribution in [3.8, 4) is 0 Å². The average molecular weight is 409 g/mol. The van der Waals surface area contributed by atoms with E-state index in [1.54, 1.807) is 0 Å². The predicted octanol–water partition coefficient (Wildman–Crippen LogP) is 4.23. The molecular weight excluding hydrogens is 395 g/mol. The summed E-state index contributed by atoms with van der Waals surface area (Å²) in [5, 5.41) is 3.36. The number of carbonyl (C=O) groups is 1. The quantitative estimate of drug-likeness (QED) is 0.696. The van der Waals surface area contributed by atoms with E-state index in [0.717, 1.165) is 10.7 Å². The Kier molecular flexibility index (Phi) is 5.11. The number of rotatable bonds is 5. The SMILES string of the molecule is Cn1cc(C(=O)N(Cc2ncc(C(F)(F)F)cc2Cl)C2CC2)c(C(F)F)n1. The second-order valence-corrected chi connectivity index (χ2v) is 6.62. The molecule has 0 bridgehead atoms. The molecule has 11 heteroatoms. The Morgan fingerprint density at radius 2 is 2.07 bits per heavy atom. The van der Waals surface area contributed by atoms with E-state index < -0.39 is 29.8 Å². The largest absolute Gasteiger partial charge is 0.417 e.